The van der Waals surface area contributed by atoms with Crippen LogP contribution in [0.1, 0.15) is 18.9 Å². The molecule has 0 aliphatic heterocycles. The second-order valence-electron chi connectivity index (χ2n) is 3.21. The summed E-state index contributed by atoms with van der Waals surface area (Å²) in [5.41, 5.74) is 6.71. The largest absolute Gasteiger partial charge is 0.493 e. The van der Waals surface area contributed by atoms with Crippen LogP contribution in [0.4, 0.5) is 0 Å². The maximum atomic E-state index is 5.51. The Hall–Kier alpha value is -1.46. The highest BCUT2D eigenvalue weighted by atomic mass is 16.5. The second kappa shape index (κ2) is 6.92. The number of nitrogens with two attached hydrogens (primary N) is 1. The van der Waals surface area contributed by atoms with Gasteiger partial charge in [0.05, 0.1) is 6.61 Å². The first-order valence-electron chi connectivity index (χ1n) is 5.18. The van der Waals surface area contributed by atoms with Gasteiger partial charge in [-0.05, 0) is 37.6 Å². The fraction of sp³-hybridized carbons (Fsp3) is 0.385. The lowest BCUT2D eigenvalue weighted by Gasteiger charge is -2.04. The molecule has 1 aromatic carbocycles. The zero-order valence-corrected chi connectivity index (χ0v) is 9.12. The van der Waals surface area contributed by atoms with E-state index in [9.17, 15) is 0 Å². The third-order valence-corrected chi connectivity index (χ3v) is 2.03. The van der Waals surface area contributed by atoms with Crippen LogP contribution >= 0.6 is 0 Å². The van der Waals surface area contributed by atoms with Gasteiger partial charge in [0.2, 0.25) is 0 Å². The Morgan fingerprint density at radius 1 is 1.27 bits per heavy atom. The molecule has 0 fully saturated rings. The van der Waals surface area contributed by atoms with Crippen LogP contribution in [0.3, 0.4) is 0 Å². The van der Waals surface area contributed by atoms with E-state index in [-0.39, 0.29) is 0 Å². The third kappa shape index (κ3) is 4.53. The molecule has 0 bridgehead atoms. The SMILES string of the molecule is CC#CCCOc1ccc(CCN)cc1. The average molecular weight is 203 g/mol. The van der Waals surface area contributed by atoms with Crippen molar-refractivity contribution in [3.63, 3.8) is 0 Å². The summed E-state index contributed by atoms with van der Waals surface area (Å²) in [6.45, 7) is 3.17. The lowest BCUT2D eigenvalue weighted by Crippen LogP contribution is -2.02. The topological polar surface area (TPSA) is 35.2 Å². The maximum absolute atomic E-state index is 5.51. The highest BCUT2D eigenvalue weighted by molar-refractivity contribution is 5.27. The molecule has 0 atom stereocenters. The van der Waals surface area contributed by atoms with Gasteiger partial charge in [-0.1, -0.05) is 12.1 Å². The summed E-state index contributed by atoms with van der Waals surface area (Å²) in [6.07, 6.45) is 1.70. The van der Waals surface area contributed by atoms with Crippen LogP contribution in [0.25, 0.3) is 0 Å². The lowest BCUT2D eigenvalue weighted by atomic mass is 10.1. The molecular weight excluding hydrogens is 186 g/mol. The van der Waals surface area contributed by atoms with Gasteiger partial charge in [0.15, 0.2) is 0 Å². The molecule has 0 unspecified atom stereocenters. The molecule has 0 heterocycles. The van der Waals surface area contributed by atoms with Gasteiger partial charge >= 0.3 is 0 Å². The van der Waals surface area contributed by atoms with E-state index in [1.807, 2.05) is 31.2 Å². The van der Waals surface area contributed by atoms with Gasteiger partial charge in [0.1, 0.15) is 5.75 Å². The van der Waals surface area contributed by atoms with Crippen molar-refractivity contribution in [3.05, 3.63) is 29.8 Å². The van der Waals surface area contributed by atoms with Gasteiger partial charge in [-0.25, -0.2) is 0 Å². The predicted molar refractivity (Wildman–Crippen MR) is 62.8 cm³/mol. The van der Waals surface area contributed by atoms with Crippen LogP contribution in [0.5, 0.6) is 5.75 Å². The number of rotatable bonds is 5. The van der Waals surface area contributed by atoms with Gasteiger partial charge < -0.3 is 10.5 Å². The molecule has 2 N–H and O–H groups in total. The van der Waals surface area contributed by atoms with Crippen LogP contribution in [0.2, 0.25) is 0 Å². The van der Waals surface area contributed by atoms with Crippen molar-refractivity contribution in [1.29, 1.82) is 0 Å². The van der Waals surface area contributed by atoms with E-state index in [2.05, 4.69) is 11.8 Å². The molecule has 1 rings (SSSR count). The van der Waals surface area contributed by atoms with Crippen molar-refractivity contribution in [2.75, 3.05) is 13.2 Å². The molecule has 15 heavy (non-hydrogen) atoms. The van der Waals surface area contributed by atoms with Crippen LogP contribution in [0, 0.1) is 11.8 Å². The van der Waals surface area contributed by atoms with E-state index >= 15 is 0 Å². The van der Waals surface area contributed by atoms with Gasteiger partial charge in [-0.3, -0.25) is 0 Å². The Labute approximate surface area is 91.4 Å². The molecule has 0 amide bonds. The first-order valence-corrected chi connectivity index (χ1v) is 5.18. The summed E-state index contributed by atoms with van der Waals surface area (Å²) in [5.74, 6) is 6.69. The highest BCUT2D eigenvalue weighted by Crippen LogP contribution is 2.12. The van der Waals surface area contributed by atoms with Crippen molar-refractivity contribution in [2.45, 2.75) is 19.8 Å². The first-order chi connectivity index (χ1) is 7.36. The summed E-state index contributed by atoms with van der Waals surface area (Å²) in [5, 5.41) is 0. The van der Waals surface area contributed by atoms with E-state index in [0.717, 1.165) is 18.6 Å². The maximum Gasteiger partial charge on any atom is 0.119 e. The minimum atomic E-state index is 0.650. The van der Waals surface area contributed by atoms with E-state index in [1.54, 1.807) is 0 Å². The fourth-order valence-electron chi connectivity index (χ4n) is 1.26. The van der Waals surface area contributed by atoms with Crippen molar-refractivity contribution in [1.82, 2.24) is 0 Å². The summed E-state index contributed by atoms with van der Waals surface area (Å²) in [7, 11) is 0. The average Bonchev–Trinajstić information content (AvgIpc) is 2.27. The summed E-state index contributed by atoms with van der Waals surface area (Å²) >= 11 is 0. The van der Waals surface area contributed by atoms with E-state index in [0.29, 0.717) is 13.2 Å². The number of hydrogen-bond acceptors (Lipinski definition) is 2. The van der Waals surface area contributed by atoms with Gasteiger partial charge in [-0.2, -0.15) is 0 Å². The molecule has 0 aromatic heterocycles. The molecule has 0 spiro atoms. The predicted octanol–water partition coefficient (Wildman–Crippen LogP) is 1.98. The molecule has 0 aliphatic rings. The number of benzene rings is 1. The van der Waals surface area contributed by atoms with Gasteiger partial charge in [0, 0.05) is 6.42 Å². The summed E-state index contributed by atoms with van der Waals surface area (Å²) < 4.78 is 5.51. The Kier molecular flexibility index (Phi) is 5.35. The lowest BCUT2D eigenvalue weighted by molar-refractivity contribution is 0.327. The normalized spacial score (nSPS) is 9.20. The van der Waals surface area contributed by atoms with Crippen molar-refractivity contribution >= 4 is 0 Å². The Morgan fingerprint density at radius 2 is 2.00 bits per heavy atom. The van der Waals surface area contributed by atoms with Crippen molar-refractivity contribution in [2.24, 2.45) is 5.73 Å². The zero-order chi connectivity index (χ0) is 10.9. The molecule has 80 valence electrons. The van der Waals surface area contributed by atoms with Gasteiger partial charge in [0.25, 0.3) is 0 Å². The molecule has 2 nitrogen and oxygen atoms in total. The second-order valence-corrected chi connectivity index (χ2v) is 3.21. The summed E-state index contributed by atoms with van der Waals surface area (Å²) in [4.78, 5) is 0. The quantitative estimate of drug-likeness (QED) is 0.586. The molecule has 0 radical (unpaired) electrons. The van der Waals surface area contributed by atoms with E-state index < -0.39 is 0 Å². The zero-order valence-electron chi connectivity index (χ0n) is 9.12. The fourth-order valence-corrected chi connectivity index (χ4v) is 1.26. The molecule has 1 aromatic rings. The smallest absolute Gasteiger partial charge is 0.119 e. The standard InChI is InChI=1S/C13H17NO/c1-2-3-4-11-15-13-7-5-12(6-8-13)9-10-14/h5-8H,4,9-11,14H2,1H3. The van der Waals surface area contributed by atoms with Crippen LogP contribution in [-0.4, -0.2) is 13.2 Å². The highest BCUT2D eigenvalue weighted by Gasteiger charge is 1.94. The van der Waals surface area contributed by atoms with Crippen LogP contribution < -0.4 is 10.5 Å². The van der Waals surface area contributed by atoms with Crippen LogP contribution in [-0.2, 0) is 6.42 Å². The molecule has 0 saturated heterocycles. The minimum absolute atomic E-state index is 0.650. The van der Waals surface area contributed by atoms with Gasteiger partial charge in [-0.15, -0.1) is 11.8 Å². The minimum Gasteiger partial charge on any atom is -0.493 e. The Bertz CT molecular complexity index is 332. The summed E-state index contributed by atoms with van der Waals surface area (Å²) in [6, 6.07) is 8.05. The first kappa shape index (κ1) is 11.6. The Balaban J connectivity index is 2.38. The van der Waals surface area contributed by atoms with E-state index in [1.165, 1.54) is 5.56 Å². The number of hydrogen-bond donors (Lipinski definition) is 1. The Morgan fingerprint density at radius 3 is 2.60 bits per heavy atom. The molecular formula is C13H17NO. The van der Waals surface area contributed by atoms with Crippen molar-refractivity contribution in [3.8, 4) is 17.6 Å². The van der Waals surface area contributed by atoms with Crippen LogP contribution in [0.15, 0.2) is 24.3 Å². The number of ether oxygens (including phenoxy) is 1. The van der Waals surface area contributed by atoms with Crippen molar-refractivity contribution < 1.29 is 4.74 Å². The van der Waals surface area contributed by atoms with E-state index in [4.69, 9.17) is 10.5 Å². The molecule has 0 aliphatic carbocycles. The monoisotopic (exact) mass is 203 g/mol. The molecule has 2 heteroatoms. The third-order valence-electron chi connectivity index (χ3n) is 2.03. The molecule has 0 saturated carbocycles.